The number of aromatic nitrogens is 3. The minimum atomic E-state index is -2.84. The molecule has 0 bridgehead atoms. The van der Waals surface area contributed by atoms with Gasteiger partial charge in [0, 0.05) is 11.4 Å². The molecular formula is C10H12N4OS. The predicted molar refractivity (Wildman–Crippen MR) is 61.0 cm³/mol. The largest absolute Gasteiger partial charge is 0.274 e. The van der Waals surface area contributed by atoms with E-state index in [1.54, 1.807) is 11.5 Å². The zero-order valence-electron chi connectivity index (χ0n) is 8.83. The van der Waals surface area contributed by atoms with Gasteiger partial charge in [-0.15, -0.1) is 10.2 Å². The Labute approximate surface area is 94.1 Å². The average molecular weight is 236 g/mol. The van der Waals surface area contributed by atoms with E-state index >= 15 is 0 Å². The third-order valence-electron chi connectivity index (χ3n) is 2.25. The van der Waals surface area contributed by atoms with Gasteiger partial charge in [-0.2, -0.15) is 0 Å². The number of nitrogens with one attached hydrogen (secondary N) is 1. The molecule has 0 saturated carbocycles. The second kappa shape index (κ2) is 4.05. The van der Waals surface area contributed by atoms with Gasteiger partial charge >= 0.3 is 0 Å². The Balaban J connectivity index is 2.58. The van der Waals surface area contributed by atoms with E-state index in [1.165, 1.54) is 6.33 Å². The van der Waals surface area contributed by atoms with Crippen molar-refractivity contribution in [1.82, 2.24) is 14.8 Å². The van der Waals surface area contributed by atoms with Crippen LogP contribution in [-0.4, -0.2) is 24.7 Å². The minimum absolute atomic E-state index is 0.209. The highest BCUT2D eigenvalue weighted by molar-refractivity contribution is 7.92. The van der Waals surface area contributed by atoms with Gasteiger partial charge < -0.3 is 0 Å². The van der Waals surface area contributed by atoms with Crippen LogP contribution in [0.2, 0.25) is 0 Å². The summed E-state index contributed by atoms with van der Waals surface area (Å²) in [5.74, 6) is 0.235. The van der Waals surface area contributed by atoms with Crippen LogP contribution in [0.1, 0.15) is 6.92 Å². The summed E-state index contributed by atoms with van der Waals surface area (Å²) in [7, 11) is -2.84. The van der Waals surface area contributed by atoms with Crippen molar-refractivity contribution in [3.05, 3.63) is 36.7 Å². The van der Waals surface area contributed by atoms with Crippen molar-refractivity contribution in [3.8, 4) is 5.69 Å². The molecule has 0 aliphatic rings. The van der Waals surface area contributed by atoms with Gasteiger partial charge in [-0.3, -0.25) is 4.57 Å². The number of hydrogen-bond acceptors (Lipinski definition) is 4. The number of benzene rings is 1. The Morgan fingerprint density at radius 3 is 2.69 bits per heavy atom. The van der Waals surface area contributed by atoms with Crippen LogP contribution in [0.3, 0.4) is 0 Å². The van der Waals surface area contributed by atoms with Crippen LogP contribution < -0.4 is 0 Å². The Bertz CT molecular complexity index is 574. The molecule has 2 aromatic rings. The van der Waals surface area contributed by atoms with Gasteiger partial charge in [-0.05, 0) is 12.1 Å². The van der Waals surface area contributed by atoms with E-state index in [0.717, 1.165) is 5.69 Å². The van der Waals surface area contributed by atoms with Gasteiger partial charge in [-0.25, -0.2) is 8.99 Å². The van der Waals surface area contributed by atoms with Crippen molar-refractivity contribution in [2.45, 2.75) is 12.1 Å². The number of nitrogens with zero attached hydrogens (tertiary/aromatic N) is 3. The lowest BCUT2D eigenvalue weighted by Gasteiger charge is -2.07. The first-order chi connectivity index (χ1) is 7.65. The smallest absolute Gasteiger partial charge is 0.234 e. The summed E-state index contributed by atoms with van der Waals surface area (Å²) in [6.45, 7) is 1.71. The van der Waals surface area contributed by atoms with Crippen molar-refractivity contribution >= 4 is 9.73 Å². The Morgan fingerprint density at radius 2 is 2.06 bits per heavy atom. The van der Waals surface area contributed by atoms with E-state index in [0.29, 0.717) is 0 Å². The summed E-state index contributed by atoms with van der Waals surface area (Å²) < 4.78 is 21.3. The van der Waals surface area contributed by atoms with Crippen molar-refractivity contribution in [2.75, 3.05) is 5.75 Å². The van der Waals surface area contributed by atoms with Gasteiger partial charge in [-0.1, -0.05) is 25.1 Å². The van der Waals surface area contributed by atoms with E-state index in [2.05, 4.69) is 10.2 Å². The standard InChI is InChI=1S/C10H12N4OS/c1-2-16(11,15)10-13-12-8-14(10)9-6-4-3-5-7-9/h3-8,11H,2H2,1H3/t16-/m0/s1. The molecule has 6 heteroatoms. The first kappa shape index (κ1) is 10.8. The first-order valence-corrected chi connectivity index (χ1v) is 6.60. The van der Waals surface area contributed by atoms with Crippen LogP contribution in [0.4, 0.5) is 0 Å². The fourth-order valence-electron chi connectivity index (χ4n) is 1.34. The molecule has 1 aromatic carbocycles. The molecule has 1 atom stereocenters. The number of para-hydroxylation sites is 1. The van der Waals surface area contributed by atoms with Crippen LogP contribution in [0, 0.1) is 4.78 Å². The van der Waals surface area contributed by atoms with Gasteiger partial charge in [0.15, 0.2) is 0 Å². The maximum Gasteiger partial charge on any atom is 0.234 e. The first-order valence-electron chi connectivity index (χ1n) is 4.87. The Morgan fingerprint density at radius 1 is 1.38 bits per heavy atom. The molecule has 2 rings (SSSR count). The van der Waals surface area contributed by atoms with E-state index in [4.69, 9.17) is 4.78 Å². The number of hydrogen-bond donors (Lipinski definition) is 1. The monoisotopic (exact) mass is 236 g/mol. The minimum Gasteiger partial charge on any atom is -0.274 e. The maximum atomic E-state index is 12.0. The molecule has 0 amide bonds. The Kier molecular flexibility index (Phi) is 2.74. The van der Waals surface area contributed by atoms with E-state index in [1.807, 2.05) is 30.3 Å². The normalized spacial score (nSPS) is 14.6. The molecule has 0 aliphatic heterocycles. The van der Waals surface area contributed by atoms with Crippen LogP contribution in [0.15, 0.2) is 41.8 Å². The second-order valence-electron chi connectivity index (χ2n) is 3.28. The molecular weight excluding hydrogens is 224 g/mol. The summed E-state index contributed by atoms with van der Waals surface area (Å²) in [4.78, 5) is 0. The molecule has 0 unspecified atom stereocenters. The summed E-state index contributed by atoms with van der Waals surface area (Å²) in [5.41, 5.74) is 0.816. The predicted octanol–water partition coefficient (Wildman–Crippen LogP) is 1.69. The van der Waals surface area contributed by atoms with Crippen molar-refractivity contribution in [3.63, 3.8) is 0 Å². The molecule has 0 aliphatic carbocycles. The molecule has 0 spiro atoms. The topological polar surface area (TPSA) is 71.6 Å². The molecule has 0 fully saturated rings. The molecule has 16 heavy (non-hydrogen) atoms. The van der Waals surface area contributed by atoms with Crippen molar-refractivity contribution in [2.24, 2.45) is 0 Å². The zero-order chi connectivity index (χ0) is 11.6. The van der Waals surface area contributed by atoms with Gasteiger partial charge in [0.25, 0.3) is 0 Å². The summed E-state index contributed by atoms with van der Waals surface area (Å²) in [6.07, 6.45) is 1.48. The van der Waals surface area contributed by atoms with Crippen molar-refractivity contribution in [1.29, 1.82) is 4.78 Å². The lowest BCUT2D eigenvalue weighted by Crippen LogP contribution is -2.09. The second-order valence-corrected chi connectivity index (χ2v) is 5.58. The van der Waals surface area contributed by atoms with E-state index in [-0.39, 0.29) is 10.9 Å². The quantitative estimate of drug-likeness (QED) is 0.881. The molecule has 1 aromatic heterocycles. The van der Waals surface area contributed by atoms with E-state index < -0.39 is 9.73 Å². The Hall–Kier alpha value is -1.69. The SMILES string of the molecule is CC[S@](=N)(=O)c1nncn1-c1ccccc1. The molecule has 1 N–H and O–H groups in total. The van der Waals surface area contributed by atoms with Crippen molar-refractivity contribution < 1.29 is 4.21 Å². The molecule has 0 saturated heterocycles. The zero-order valence-corrected chi connectivity index (χ0v) is 9.65. The number of rotatable bonds is 3. The van der Waals surface area contributed by atoms with Crippen LogP contribution in [0.25, 0.3) is 5.69 Å². The van der Waals surface area contributed by atoms with Crippen LogP contribution in [0.5, 0.6) is 0 Å². The van der Waals surface area contributed by atoms with Gasteiger partial charge in [0.1, 0.15) is 16.1 Å². The molecule has 84 valence electrons. The molecule has 0 radical (unpaired) electrons. The van der Waals surface area contributed by atoms with Gasteiger partial charge in [0.05, 0.1) is 0 Å². The summed E-state index contributed by atoms with van der Waals surface area (Å²) >= 11 is 0. The fraction of sp³-hybridized carbons (Fsp3) is 0.200. The fourth-order valence-corrected chi connectivity index (χ4v) is 2.25. The summed E-state index contributed by atoms with van der Waals surface area (Å²) in [6, 6.07) is 9.36. The molecule has 5 nitrogen and oxygen atoms in total. The average Bonchev–Trinajstić information content (AvgIpc) is 2.80. The van der Waals surface area contributed by atoms with Gasteiger partial charge in [0.2, 0.25) is 5.16 Å². The third kappa shape index (κ3) is 1.83. The van der Waals surface area contributed by atoms with E-state index in [9.17, 15) is 4.21 Å². The van der Waals surface area contributed by atoms with Crippen LogP contribution in [-0.2, 0) is 9.73 Å². The summed E-state index contributed by atoms with van der Waals surface area (Å²) in [5, 5.41) is 7.72. The molecule has 1 heterocycles. The lowest BCUT2D eigenvalue weighted by atomic mass is 10.3. The lowest BCUT2D eigenvalue weighted by molar-refractivity contribution is 0.663. The maximum absolute atomic E-state index is 12.0. The highest BCUT2D eigenvalue weighted by atomic mass is 32.2. The highest BCUT2D eigenvalue weighted by Crippen LogP contribution is 2.14. The van der Waals surface area contributed by atoms with Crippen LogP contribution >= 0.6 is 0 Å². The third-order valence-corrected chi connectivity index (χ3v) is 3.93. The highest BCUT2D eigenvalue weighted by Gasteiger charge is 2.16.